The summed E-state index contributed by atoms with van der Waals surface area (Å²) in [5, 5.41) is 13.0. The number of nitrogens with one attached hydrogen (secondary N) is 1. The van der Waals surface area contributed by atoms with Gasteiger partial charge in [-0.25, -0.2) is 4.39 Å². The number of alkyl halides is 3. The Kier molecular flexibility index (Phi) is 4.61. The second-order valence-corrected chi connectivity index (χ2v) is 6.08. The summed E-state index contributed by atoms with van der Waals surface area (Å²) in [6.07, 6.45) is -3.90. The second-order valence-electron chi connectivity index (χ2n) is 4.98. The Morgan fingerprint density at radius 3 is 2.65 bits per heavy atom. The zero-order valence-electron chi connectivity index (χ0n) is 10.6. The highest BCUT2D eigenvalue weighted by molar-refractivity contribution is 7.99. The third-order valence-electron chi connectivity index (χ3n) is 3.15. The second kappa shape index (κ2) is 5.91. The van der Waals surface area contributed by atoms with E-state index in [-0.39, 0.29) is 18.7 Å². The zero-order chi connectivity index (χ0) is 14.8. The Morgan fingerprint density at radius 2 is 2.05 bits per heavy atom. The first-order valence-electron chi connectivity index (χ1n) is 6.16. The number of thioether (sulfide) groups is 1. The van der Waals surface area contributed by atoms with Gasteiger partial charge in [-0.3, -0.25) is 0 Å². The molecule has 1 aromatic rings. The molecule has 1 unspecified atom stereocenters. The van der Waals surface area contributed by atoms with Crippen molar-refractivity contribution >= 4 is 11.8 Å². The predicted octanol–water partition coefficient (Wildman–Crippen LogP) is 2.80. The van der Waals surface area contributed by atoms with Crippen LogP contribution in [0.15, 0.2) is 18.2 Å². The summed E-state index contributed by atoms with van der Waals surface area (Å²) < 4.78 is 50.8. The fourth-order valence-corrected chi connectivity index (χ4v) is 3.39. The van der Waals surface area contributed by atoms with Crippen molar-refractivity contribution in [1.29, 1.82) is 0 Å². The van der Waals surface area contributed by atoms with Crippen molar-refractivity contribution in [3.63, 3.8) is 0 Å². The van der Waals surface area contributed by atoms with Gasteiger partial charge in [0.1, 0.15) is 5.82 Å². The average molecular weight is 309 g/mol. The van der Waals surface area contributed by atoms with Crippen molar-refractivity contribution < 1.29 is 22.7 Å². The van der Waals surface area contributed by atoms with Gasteiger partial charge in [0, 0.05) is 18.8 Å². The highest BCUT2D eigenvalue weighted by Crippen LogP contribution is 2.30. The molecule has 0 amide bonds. The van der Waals surface area contributed by atoms with Crippen LogP contribution in [0, 0.1) is 5.82 Å². The van der Waals surface area contributed by atoms with E-state index in [1.165, 1.54) is 0 Å². The molecule has 0 aliphatic carbocycles. The van der Waals surface area contributed by atoms with E-state index in [4.69, 9.17) is 0 Å². The van der Waals surface area contributed by atoms with Crippen LogP contribution in [0.2, 0.25) is 0 Å². The van der Waals surface area contributed by atoms with Crippen LogP contribution in [0.25, 0.3) is 0 Å². The molecular formula is C13H15F4NOS. The average Bonchev–Trinajstić information content (AvgIpc) is 2.74. The van der Waals surface area contributed by atoms with E-state index in [1.807, 2.05) is 0 Å². The molecule has 1 aliphatic rings. The highest BCUT2D eigenvalue weighted by atomic mass is 32.2. The topological polar surface area (TPSA) is 32.3 Å². The van der Waals surface area contributed by atoms with Gasteiger partial charge in [-0.15, -0.1) is 0 Å². The van der Waals surface area contributed by atoms with Crippen LogP contribution in [0.3, 0.4) is 0 Å². The molecule has 1 atom stereocenters. The lowest BCUT2D eigenvalue weighted by molar-refractivity contribution is -0.137. The molecule has 1 heterocycles. The molecule has 0 saturated carbocycles. The van der Waals surface area contributed by atoms with E-state index in [9.17, 15) is 22.7 Å². The van der Waals surface area contributed by atoms with Crippen LogP contribution >= 0.6 is 11.8 Å². The molecule has 0 bridgehead atoms. The van der Waals surface area contributed by atoms with Crippen molar-refractivity contribution in [2.45, 2.75) is 24.7 Å². The third-order valence-corrected chi connectivity index (χ3v) is 4.38. The van der Waals surface area contributed by atoms with Gasteiger partial charge in [0.2, 0.25) is 0 Å². The first-order chi connectivity index (χ1) is 9.28. The standard InChI is InChI=1S/C13H15F4NOS/c14-11-4-9(3-10(5-11)13(15,16)17)6-18-7-12(19)1-2-20-8-12/h3-5,18-19H,1-2,6-8H2. The van der Waals surface area contributed by atoms with Gasteiger partial charge in [0.15, 0.2) is 0 Å². The first-order valence-corrected chi connectivity index (χ1v) is 7.31. The minimum absolute atomic E-state index is 0.0911. The van der Waals surface area contributed by atoms with Crippen molar-refractivity contribution in [1.82, 2.24) is 5.32 Å². The van der Waals surface area contributed by atoms with E-state index >= 15 is 0 Å². The van der Waals surface area contributed by atoms with Crippen LogP contribution in [-0.4, -0.2) is 28.8 Å². The maximum absolute atomic E-state index is 13.2. The minimum atomic E-state index is -4.56. The van der Waals surface area contributed by atoms with E-state index in [1.54, 1.807) is 11.8 Å². The number of hydrogen-bond acceptors (Lipinski definition) is 3. The SMILES string of the molecule is OC1(CNCc2cc(F)cc(C(F)(F)F)c2)CCSC1. The van der Waals surface area contributed by atoms with Crippen molar-refractivity contribution in [3.8, 4) is 0 Å². The molecule has 1 aromatic carbocycles. The summed E-state index contributed by atoms with van der Waals surface area (Å²) >= 11 is 1.64. The summed E-state index contributed by atoms with van der Waals surface area (Å²) in [7, 11) is 0. The van der Waals surface area contributed by atoms with E-state index < -0.39 is 23.2 Å². The summed E-state index contributed by atoms with van der Waals surface area (Å²) in [5.41, 5.74) is -1.60. The molecule has 1 aliphatic heterocycles. The Labute approximate surface area is 118 Å². The quantitative estimate of drug-likeness (QED) is 0.839. The Hall–Kier alpha value is -0.790. The molecule has 2 rings (SSSR count). The monoisotopic (exact) mass is 309 g/mol. The number of halogens is 4. The van der Waals surface area contributed by atoms with E-state index in [0.717, 1.165) is 17.9 Å². The zero-order valence-corrected chi connectivity index (χ0v) is 11.5. The summed E-state index contributed by atoms with van der Waals surface area (Å²) in [4.78, 5) is 0. The van der Waals surface area contributed by atoms with Gasteiger partial charge in [-0.2, -0.15) is 24.9 Å². The number of benzene rings is 1. The van der Waals surface area contributed by atoms with Gasteiger partial charge in [-0.05, 0) is 35.9 Å². The molecule has 0 spiro atoms. The summed E-state index contributed by atoms with van der Waals surface area (Å²) in [6, 6.07) is 2.46. The number of rotatable bonds is 4. The first kappa shape index (κ1) is 15.6. The molecule has 2 N–H and O–H groups in total. The van der Waals surface area contributed by atoms with Gasteiger partial charge in [0.05, 0.1) is 11.2 Å². The fourth-order valence-electron chi connectivity index (χ4n) is 2.09. The maximum atomic E-state index is 13.2. The summed E-state index contributed by atoms with van der Waals surface area (Å²) in [6.45, 7) is 0.381. The van der Waals surface area contributed by atoms with Crippen LogP contribution in [0.5, 0.6) is 0 Å². The molecule has 1 fully saturated rings. The van der Waals surface area contributed by atoms with Crippen molar-refractivity contribution in [3.05, 3.63) is 35.1 Å². The molecular weight excluding hydrogens is 294 g/mol. The molecule has 1 saturated heterocycles. The molecule has 112 valence electrons. The van der Waals surface area contributed by atoms with Crippen LogP contribution in [-0.2, 0) is 12.7 Å². The van der Waals surface area contributed by atoms with Gasteiger partial charge >= 0.3 is 6.18 Å². The minimum Gasteiger partial charge on any atom is -0.388 e. The molecule has 7 heteroatoms. The van der Waals surface area contributed by atoms with Crippen molar-refractivity contribution in [2.75, 3.05) is 18.1 Å². The molecule has 0 aromatic heterocycles. The smallest absolute Gasteiger partial charge is 0.388 e. The summed E-state index contributed by atoms with van der Waals surface area (Å²) in [5.74, 6) is 0.569. The largest absolute Gasteiger partial charge is 0.416 e. The molecule has 2 nitrogen and oxygen atoms in total. The van der Waals surface area contributed by atoms with Crippen LogP contribution in [0.4, 0.5) is 17.6 Å². The molecule has 0 radical (unpaired) electrons. The normalized spacial score (nSPS) is 23.2. The van der Waals surface area contributed by atoms with E-state index in [0.29, 0.717) is 18.2 Å². The van der Waals surface area contributed by atoms with E-state index in [2.05, 4.69) is 5.32 Å². The van der Waals surface area contributed by atoms with Gasteiger partial charge < -0.3 is 10.4 Å². The van der Waals surface area contributed by atoms with Gasteiger partial charge in [-0.1, -0.05) is 0 Å². The Balaban J connectivity index is 1.97. The highest BCUT2D eigenvalue weighted by Gasteiger charge is 2.32. The Morgan fingerprint density at radius 1 is 1.30 bits per heavy atom. The number of hydrogen-bond donors (Lipinski definition) is 2. The van der Waals surface area contributed by atoms with Crippen LogP contribution < -0.4 is 5.32 Å². The van der Waals surface area contributed by atoms with Crippen LogP contribution in [0.1, 0.15) is 17.5 Å². The predicted molar refractivity (Wildman–Crippen MR) is 70.0 cm³/mol. The Bertz CT molecular complexity index is 472. The lowest BCUT2D eigenvalue weighted by Gasteiger charge is -2.21. The fraction of sp³-hybridized carbons (Fsp3) is 0.538. The maximum Gasteiger partial charge on any atom is 0.416 e. The van der Waals surface area contributed by atoms with Gasteiger partial charge in [0.25, 0.3) is 0 Å². The third kappa shape index (κ3) is 4.10. The lowest BCUT2D eigenvalue weighted by atomic mass is 10.0. The molecule has 20 heavy (non-hydrogen) atoms. The van der Waals surface area contributed by atoms with Crippen molar-refractivity contribution in [2.24, 2.45) is 0 Å². The lowest BCUT2D eigenvalue weighted by Crippen LogP contribution is -2.40. The number of aliphatic hydroxyl groups is 1.